The van der Waals surface area contributed by atoms with Crippen LogP contribution in [0.4, 0.5) is 5.82 Å². The molecule has 0 radical (unpaired) electrons. The number of rotatable bonds is 8. The van der Waals surface area contributed by atoms with Crippen molar-refractivity contribution in [2.24, 2.45) is 0 Å². The van der Waals surface area contributed by atoms with Crippen molar-refractivity contribution in [3.8, 4) is 0 Å². The van der Waals surface area contributed by atoms with Gasteiger partial charge in [0, 0.05) is 30.7 Å². The van der Waals surface area contributed by atoms with E-state index in [1.54, 1.807) is 0 Å². The van der Waals surface area contributed by atoms with Gasteiger partial charge < -0.3 is 20.1 Å². The number of aliphatic hydroxyl groups is 2. The van der Waals surface area contributed by atoms with Gasteiger partial charge in [0.1, 0.15) is 0 Å². The minimum Gasteiger partial charge on any atom is -0.394 e. The van der Waals surface area contributed by atoms with Gasteiger partial charge in [0.25, 0.3) is 5.56 Å². The molecule has 0 spiro atoms. The predicted octanol–water partition coefficient (Wildman–Crippen LogP) is 4.08. The Kier molecular flexibility index (Phi) is 8.61. The maximum Gasteiger partial charge on any atom is 0.294 e. The third-order valence-electron chi connectivity index (χ3n) is 7.91. The van der Waals surface area contributed by atoms with E-state index in [9.17, 15) is 9.90 Å². The molecule has 2 aromatic rings. The quantitative estimate of drug-likeness (QED) is 0.539. The number of aromatic nitrogens is 2. The van der Waals surface area contributed by atoms with E-state index >= 15 is 0 Å². The van der Waals surface area contributed by atoms with Crippen LogP contribution in [0.2, 0.25) is 0 Å². The lowest BCUT2D eigenvalue weighted by molar-refractivity contribution is 0.101. The van der Waals surface area contributed by atoms with Crippen LogP contribution in [0, 0.1) is 0 Å². The normalized spacial score (nSPS) is 24.6. The van der Waals surface area contributed by atoms with Gasteiger partial charge in [-0.15, -0.1) is 0 Å². The molecule has 2 fully saturated rings. The fourth-order valence-electron chi connectivity index (χ4n) is 6.21. The Bertz CT molecular complexity index is 985. The van der Waals surface area contributed by atoms with E-state index in [2.05, 4.69) is 29.0 Å². The molecule has 1 aromatic carbocycles. The van der Waals surface area contributed by atoms with Crippen molar-refractivity contribution < 1.29 is 10.2 Å². The SMILES string of the molecule is CC1CC[C@@H](C[C@H](C)n2c(=O)c(NCC(O)CO)nc3ccccc32)N1C1CCCCCCC1. The number of hydrogen-bond donors (Lipinski definition) is 3. The average molecular weight is 471 g/mol. The van der Waals surface area contributed by atoms with Crippen LogP contribution in [0.3, 0.4) is 0 Å². The highest BCUT2D eigenvalue weighted by molar-refractivity contribution is 5.76. The van der Waals surface area contributed by atoms with Gasteiger partial charge >= 0.3 is 0 Å². The Hall–Kier alpha value is -1.96. The van der Waals surface area contributed by atoms with Crippen molar-refractivity contribution in [1.29, 1.82) is 0 Å². The second kappa shape index (κ2) is 11.6. The first-order valence-electron chi connectivity index (χ1n) is 13.3. The lowest BCUT2D eigenvalue weighted by Gasteiger charge is -2.38. The molecule has 1 aliphatic heterocycles. The monoisotopic (exact) mass is 470 g/mol. The summed E-state index contributed by atoms with van der Waals surface area (Å²) in [5, 5.41) is 21.9. The van der Waals surface area contributed by atoms with Crippen LogP contribution in [0.25, 0.3) is 11.0 Å². The second-order valence-corrected chi connectivity index (χ2v) is 10.5. The number of likely N-dealkylation sites (tertiary alicyclic amines) is 1. The Morgan fingerprint density at radius 3 is 2.53 bits per heavy atom. The second-order valence-electron chi connectivity index (χ2n) is 10.5. The number of aliphatic hydroxyl groups excluding tert-OH is 2. The van der Waals surface area contributed by atoms with Crippen molar-refractivity contribution >= 4 is 16.9 Å². The zero-order valence-corrected chi connectivity index (χ0v) is 20.8. The first-order chi connectivity index (χ1) is 16.5. The van der Waals surface area contributed by atoms with E-state index in [1.165, 1.54) is 57.8 Å². The molecule has 1 aromatic heterocycles. The minimum absolute atomic E-state index is 0.0232. The first kappa shape index (κ1) is 25.1. The average Bonchev–Trinajstić information content (AvgIpc) is 3.17. The fourth-order valence-corrected chi connectivity index (χ4v) is 6.21. The van der Waals surface area contributed by atoms with Crippen molar-refractivity contribution in [1.82, 2.24) is 14.5 Å². The maximum atomic E-state index is 13.5. The lowest BCUT2D eigenvalue weighted by atomic mass is 9.94. The molecule has 0 amide bonds. The summed E-state index contributed by atoms with van der Waals surface area (Å²) in [5.74, 6) is 0.231. The number of nitrogens with zero attached hydrogens (tertiary/aromatic N) is 3. The van der Waals surface area contributed by atoms with Crippen LogP contribution in [-0.4, -0.2) is 62.0 Å². The number of hydrogen-bond acceptors (Lipinski definition) is 6. The zero-order chi connectivity index (χ0) is 24.1. The largest absolute Gasteiger partial charge is 0.394 e. The number of fused-ring (bicyclic) bond motifs is 1. The summed E-state index contributed by atoms with van der Waals surface area (Å²) in [5.41, 5.74) is 1.43. The molecule has 2 aliphatic rings. The number of benzene rings is 1. The van der Waals surface area contributed by atoms with E-state index in [0.717, 1.165) is 17.5 Å². The third-order valence-corrected chi connectivity index (χ3v) is 7.91. The third kappa shape index (κ3) is 5.64. The summed E-state index contributed by atoms with van der Waals surface area (Å²) in [6, 6.07) is 9.54. The summed E-state index contributed by atoms with van der Waals surface area (Å²) in [6.07, 6.45) is 11.8. The number of para-hydroxylation sites is 2. The molecule has 34 heavy (non-hydrogen) atoms. The van der Waals surface area contributed by atoms with Crippen LogP contribution >= 0.6 is 0 Å². The first-order valence-corrected chi connectivity index (χ1v) is 13.3. The Morgan fingerprint density at radius 1 is 1.09 bits per heavy atom. The molecule has 2 unspecified atom stereocenters. The summed E-state index contributed by atoms with van der Waals surface area (Å²) in [6.45, 7) is 4.26. The molecule has 1 saturated carbocycles. The van der Waals surface area contributed by atoms with Crippen LogP contribution in [0.15, 0.2) is 29.1 Å². The van der Waals surface area contributed by atoms with Crippen LogP contribution < -0.4 is 10.9 Å². The molecular formula is C27H42N4O3. The molecule has 7 nitrogen and oxygen atoms in total. The topological polar surface area (TPSA) is 90.6 Å². The van der Waals surface area contributed by atoms with Gasteiger partial charge in [0.15, 0.2) is 5.82 Å². The van der Waals surface area contributed by atoms with E-state index in [0.29, 0.717) is 18.1 Å². The zero-order valence-electron chi connectivity index (χ0n) is 20.8. The van der Waals surface area contributed by atoms with Crippen LogP contribution in [-0.2, 0) is 0 Å². The Morgan fingerprint density at radius 2 is 1.79 bits per heavy atom. The van der Waals surface area contributed by atoms with Gasteiger partial charge in [-0.2, -0.15) is 0 Å². The van der Waals surface area contributed by atoms with Crippen molar-refractivity contribution in [2.75, 3.05) is 18.5 Å². The van der Waals surface area contributed by atoms with E-state index in [1.807, 2.05) is 28.8 Å². The maximum absolute atomic E-state index is 13.5. The molecule has 3 N–H and O–H groups in total. The Labute approximate surface area is 203 Å². The number of nitrogens with one attached hydrogen (secondary N) is 1. The van der Waals surface area contributed by atoms with Gasteiger partial charge in [-0.1, -0.05) is 44.2 Å². The van der Waals surface area contributed by atoms with E-state index in [-0.39, 0.29) is 30.6 Å². The highest BCUT2D eigenvalue weighted by Crippen LogP contribution is 2.35. The van der Waals surface area contributed by atoms with Gasteiger partial charge in [-0.05, 0) is 58.1 Å². The predicted molar refractivity (Wildman–Crippen MR) is 137 cm³/mol. The van der Waals surface area contributed by atoms with Crippen LogP contribution in [0.5, 0.6) is 0 Å². The molecule has 7 heteroatoms. The summed E-state index contributed by atoms with van der Waals surface area (Å²) >= 11 is 0. The molecular weight excluding hydrogens is 428 g/mol. The van der Waals surface area contributed by atoms with Gasteiger partial charge in [0.05, 0.1) is 23.7 Å². The fraction of sp³-hybridized carbons (Fsp3) is 0.704. The number of anilines is 1. The summed E-state index contributed by atoms with van der Waals surface area (Å²) in [4.78, 5) is 20.8. The smallest absolute Gasteiger partial charge is 0.294 e. The molecule has 188 valence electrons. The molecule has 2 heterocycles. The molecule has 1 saturated heterocycles. The van der Waals surface area contributed by atoms with Gasteiger partial charge in [-0.3, -0.25) is 9.69 Å². The summed E-state index contributed by atoms with van der Waals surface area (Å²) < 4.78 is 1.88. The van der Waals surface area contributed by atoms with Crippen molar-refractivity contribution in [3.05, 3.63) is 34.6 Å². The van der Waals surface area contributed by atoms with Gasteiger partial charge in [-0.25, -0.2) is 4.98 Å². The molecule has 4 rings (SSSR count). The highest BCUT2D eigenvalue weighted by Gasteiger charge is 2.36. The summed E-state index contributed by atoms with van der Waals surface area (Å²) in [7, 11) is 0. The minimum atomic E-state index is -0.934. The van der Waals surface area contributed by atoms with E-state index in [4.69, 9.17) is 5.11 Å². The molecule has 4 atom stereocenters. The van der Waals surface area contributed by atoms with Gasteiger partial charge in [0.2, 0.25) is 0 Å². The van der Waals surface area contributed by atoms with Crippen molar-refractivity contribution in [3.63, 3.8) is 0 Å². The Balaban J connectivity index is 1.59. The van der Waals surface area contributed by atoms with E-state index < -0.39 is 6.10 Å². The molecule has 1 aliphatic carbocycles. The van der Waals surface area contributed by atoms with Crippen molar-refractivity contribution in [2.45, 2.75) is 108 Å². The van der Waals surface area contributed by atoms with Crippen LogP contribution in [0.1, 0.15) is 84.1 Å². The standard InChI is InChI=1S/C27H42N4O3/c1-19-14-15-22(30(19)21-10-6-4-3-5-7-11-21)16-20(2)31-25-13-9-8-12-24(25)29-26(27(31)34)28-17-23(33)18-32/h8-9,12-13,19-23,32-33H,3-7,10-11,14-18H2,1-2H3,(H,28,29)/t19?,20-,22-,23?/m0/s1. The molecule has 0 bridgehead atoms. The lowest BCUT2D eigenvalue weighted by Crippen LogP contribution is -2.44. The highest BCUT2D eigenvalue weighted by atomic mass is 16.3.